The Bertz CT molecular complexity index is 126. The van der Waals surface area contributed by atoms with Gasteiger partial charge < -0.3 is 10.8 Å². The highest BCUT2D eigenvalue weighted by Gasteiger charge is 2.10. The molecule has 4 N–H and O–H groups in total. The maximum Gasteiger partial charge on any atom is 0.105 e. The molecule has 0 aromatic carbocycles. The van der Waals surface area contributed by atoms with Crippen LogP contribution in [0.1, 0.15) is 27.2 Å². The Labute approximate surface area is 81.7 Å². The van der Waals surface area contributed by atoms with Crippen LogP contribution in [0.3, 0.4) is 0 Å². The van der Waals surface area contributed by atoms with Crippen molar-refractivity contribution in [1.82, 2.24) is 5.32 Å². The van der Waals surface area contributed by atoms with Crippen LogP contribution >= 0.6 is 0 Å². The van der Waals surface area contributed by atoms with Crippen LogP contribution in [-0.2, 0) is 0 Å². The summed E-state index contributed by atoms with van der Waals surface area (Å²) in [5, 5.41) is 12.4. The van der Waals surface area contributed by atoms with E-state index in [-0.39, 0.29) is 12.0 Å². The Kier molecular flexibility index (Phi) is 6.29. The third-order valence-electron chi connectivity index (χ3n) is 1.96. The molecule has 0 aromatic rings. The molecule has 0 aliphatic heterocycles. The third kappa shape index (κ3) is 6.99. The average Bonchev–Trinajstić information content (AvgIpc) is 1.98. The van der Waals surface area contributed by atoms with Gasteiger partial charge in [0.1, 0.15) is 6.23 Å². The Morgan fingerprint density at radius 1 is 1.38 bits per heavy atom. The van der Waals surface area contributed by atoms with E-state index in [1.165, 1.54) is 0 Å². The van der Waals surface area contributed by atoms with Crippen LogP contribution in [0.2, 0.25) is 0 Å². The van der Waals surface area contributed by atoms with Crippen LogP contribution in [0, 0.1) is 18.8 Å². The highest BCUT2D eigenvalue weighted by molar-refractivity contribution is 4.73. The number of nitrogens with one attached hydrogen (secondary N) is 1. The Hall–Kier alpha value is -0.120. The second-order valence-electron chi connectivity index (χ2n) is 4.08. The number of rotatable bonds is 6. The van der Waals surface area contributed by atoms with Gasteiger partial charge in [-0.3, -0.25) is 5.32 Å². The summed E-state index contributed by atoms with van der Waals surface area (Å²) < 4.78 is 0. The smallest absolute Gasteiger partial charge is 0.105 e. The van der Waals surface area contributed by atoms with Crippen LogP contribution in [0.25, 0.3) is 0 Å². The van der Waals surface area contributed by atoms with E-state index >= 15 is 0 Å². The molecule has 0 bridgehead atoms. The molecule has 3 unspecified atom stereocenters. The highest BCUT2D eigenvalue weighted by Crippen LogP contribution is 2.02. The van der Waals surface area contributed by atoms with Gasteiger partial charge in [-0.05, 0) is 25.2 Å². The third-order valence-corrected chi connectivity index (χ3v) is 1.96. The molecule has 78 valence electrons. The fraction of sp³-hybridized carbons (Fsp3) is 0.900. The normalized spacial score (nSPS) is 16.6. The summed E-state index contributed by atoms with van der Waals surface area (Å²) >= 11 is 0. The summed E-state index contributed by atoms with van der Waals surface area (Å²) in [6, 6.07) is -0.0955. The minimum absolute atomic E-state index is 0.0428. The molecule has 3 heteroatoms. The van der Waals surface area contributed by atoms with Crippen molar-refractivity contribution in [1.29, 1.82) is 0 Å². The van der Waals surface area contributed by atoms with Crippen molar-refractivity contribution in [2.75, 3.05) is 6.54 Å². The first-order valence-electron chi connectivity index (χ1n) is 4.86. The summed E-state index contributed by atoms with van der Waals surface area (Å²) in [7, 11) is 0. The Morgan fingerprint density at radius 3 is 2.31 bits per heavy atom. The van der Waals surface area contributed by atoms with Crippen LogP contribution < -0.4 is 11.1 Å². The predicted molar refractivity (Wildman–Crippen MR) is 54.9 cm³/mol. The molecule has 0 rings (SSSR count). The molecule has 13 heavy (non-hydrogen) atoms. The second-order valence-corrected chi connectivity index (χ2v) is 4.08. The number of nitrogens with two attached hydrogens (primary N) is 1. The molecule has 2 radical (unpaired) electrons. The molecule has 3 nitrogen and oxygen atoms in total. The topological polar surface area (TPSA) is 58.3 Å². The van der Waals surface area contributed by atoms with Gasteiger partial charge in [-0.1, -0.05) is 20.8 Å². The van der Waals surface area contributed by atoms with Crippen molar-refractivity contribution < 1.29 is 5.11 Å². The van der Waals surface area contributed by atoms with Crippen LogP contribution in [0.15, 0.2) is 0 Å². The van der Waals surface area contributed by atoms with E-state index in [1.54, 1.807) is 0 Å². The van der Waals surface area contributed by atoms with Gasteiger partial charge in [-0.15, -0.1) is 0 Å². The fourth-order valence-electron chi connectivity index (χ4n) is 0.988. The molecule has 3 atom stereocenters. The first-order chi connectivity index (χ1) is 5.93. The zero-order chi connectivity index (χ0) is 10.4. The van der Waals surface area contributed by atoms with E-state index in [0.717, 1.165) is 6.42 Å². The molecular formula is C10H22N2O. The van der Waals surface area contributed by atoms with E-state index in [1.807, 2.05) is 6.92 Å². The molecule has 0 heterocycles. The molecule has 0 aromatic heterocycles. The van der Waals surface area contributed by atoms with Crippen LogP contribution in [-0.4, -0.2) is 23.9 Å². The largest absolute Gasteiger partial charge is 0.379 e. The van der Waals surface area contributed by atoms with E-state index < -0.39 is 6.23 Å². The summed E-state index contributed by atoms with van der Waals surface area (Å²) in [4.78, 5) is 0. The zero-order valence-electron chi connectivity index (χ0n) is 8.83. The van der Waals surface area contributed by atoms with Gasteiger partial charge in [-0.25, -0.2) is 0 Å². The molecule has 0 fully saturated rings. The van der Waals surface area contributed by atoms with Crippen molar-refractivity contribution in [3.8, 4) is 0 Å². The first kappa shape index (κ1) is 12.9. The van der Waals surface area contributed by atoms with Crippen molar-refractivity contribution in [2.24, 2.45) is 17.6 Å². The summed E-state index contributed by atoms with van der Waals surface area (Å²) in [5.74, 6) is 0.438. The molecule has 0 aliphatic rings. The second kappa shape index (κ2) is 6.35. The van der Waals surface area contributed by atoms with Gasteiger partial charge in [0, 0.05) is 12.6 Å². The minimum Gasteiger partial charge on any atom is -0.379 e. The van der Waals surface area contributed by atoms with Gasteiger partial charge in [0.15, 0.2) is 0 Å². The Balaban J connectivity index is 3.51. The number of hydrogen-bond donors (Lipinski definition) is 3. The molecule has 0 saturated carbocycles. The van der Waals surface area contributed by atoms with Crippen molar-refractivity contribution >= 4 is 0 Å². The van der Waals surface area contributed by atoms with Gasteiger partial charge in [0.05, 0.1) is 0 Å². The van der Waals surface area contributed by atoms with E-state index in [0.29, 0.717) is 12.5 Å². The lowest BCUT2D eigenvalue weighted by Gasteiger charge is -2.20. The predicted octanol–water partition coefficient (Wildman–Crippen LogP) is 0.615. The fourth-order valence-corrected chi connectivity index (χ4v) is 0.988. The van der Waals surface area contributed by atoms with E-state index in [2.05, 4.69) is 19.2 Å². The SMILES string of the molecule is [CH]C(C)C(N)CNC(O)CC(C)C. The highest BCUT2D eigenvalue weighted by atomic mass is 16.3. The van der Waals surface area contributed by atoms with Crippen LogP contribution in [0.5, 0.6) is 0 Å². The lowest BCUT2D eigenvalue weighted by molar-refractivity contribution is 0.110. The first-order valence-corrected chi connectivity index (χ1v) is 4.86. The molecule has 0 aliphatic carbocycles. The van der Waals surface area contributed by atoms with Gasteiger partial charge >= 0.3 is 0 Å². The van der Waals surface area contributed by atoms with Crippen LogP contribution in [0.4, 0.5) is 0 Å². The maximum atomic E-state index is 9.44. The van der Waals surface area contributed by atoms with Crippen molar-refractivity contribution in [3.05, 3.63) is 6.92 Å². The van der Waals surface area contributed by atoms with Gasteiger partial charge in [0.25, 0.3) is 0 Å². The molecule has 0 spiro atoms. The molecule has 0 saturated heterocycles. The minimum atomic E-state index is -0.468. The molecule has 0 amide bonds. The number of aliphatic hydroxyl groups excluding tert-OH is 1. The van der Waals surface area contributed by atoms with E-state index in [4.69, 9.17) is 12.7 Å². The summed E-state index contributed by atoms with van der Waals surface area (Å²) in [6.07, 6.45) is 0.274. The number of hydrogen-bond acceptors (Lipinski definition) is 3. The van der Waals surface area contributed by atoms with Gasteiger partial charge in [0.2, 0.25) is 0 Å². The van der Waals surface area contributed by atoms with E-state index in [9.17, 15) is 5.11 Å². The lowest BCUT2D eigenvalue weighted by atomic mass is 10.1. The zero-order valence-corrected chi connectivity index (χ0v) is 8.83. The monoisotopic (exact) mass is 186 g/mol. The summed E-state index contributed by atoms with van der Waals surface area (Å²) in [5.41, 5.74) is 5.70. The lowest BCUT2D eigenvalue weighted by Crippen LogP contribution is -2.42. The summed E-state index contributed by atoms with van der Waals surface area (Å²) in [6.45, 7) is 12.1. The van der Waals surface area contributed by atoms with Gasteiger partial charge in [-0.2, -0.15) is 0 Å². The Morgan fingerprint density at radius 2 is 1.92 bits per heavy atom. The standard InChI is InChI=1S/C10H22N2O/c1-7(2)5-10(13)12-6-9(11)8(3)4/h3,7-10,12-13H,5-6,11H2,1-2,4H3. The number of aliphatic hydroxyl groups is 1. The van der Waals surface area contributed by atoms with Crippen molar-refractivity contribution in [3.63, 3.8) is 0 Å². The molecular weight excluding hydrogens is 164 g/mol. The van der Waals surface area contributed by atoms with Crippen molar-refractivity contribution in [2.45, 2.75) is 39.5 Å². The maximum absolute atomic E-state index is 9.44. The quantitative estimate of drug-likeness (QED) is 0.533. The average molecular weight is 186 g/mol.